The first-order chi connectivity index (χ1) is 9.52. The zero-order chi connectivity index (χ0) is 14.7. The minimum Gasteiger partial charge on any atom is -0.478 e. The molecule has 0 aromatic heterocycles. The first-order valence-corrected chi connectivity index (χ1v) is 6.16. The lowest BCUT2D eigenvalue weighted by molar-refractivity contribution is 0.0650. The Morgan fingerprint density at radius 2 is 1.55 bits per heavy atom. The number of carboxylic acid groups (broad SMARTS) is 2. The molecule has 20 heavy (non-hydrogen) atoms. The summed E-state index contributed by atoms with van der Waals surface area (Å²) >= 11 is 0. The molecule has 0 fully saturated rings. The van der Waals surface area contributed by atoms with Gasteiger partial charge in [-0.15, -0.1) is 0 Å². The van der Waals surface area contributed by atoms with Crippen LogP contribution in [0.15, 0.2) is 48.5 Å². The Balaban J connectivity index is 2.60. The van der Waals surface area contributed by atoms with Gasteiger partial charge in [0.15, 0.2) is 0 Å². The maximum atomic E-state index is 11.4. The van der Waals surface area contributed by atoms with Crippen molar-refractivity contribution in [3.63, 3.8) is 0 Å². The van der Waals surface area contributed by atoms with E-state index in [1.165, 1.54) is 6.07 Å². The summed E-state index contributed by atoms with van der Waals surface area (Å²) in [5.41, 5.74) is 1.12. The predicted molar refractivity (Wildman–Crippen MR) is 74.3 cm³/mol. The summed E-state index contributed by atoms with van der Waals surface area (Å²) in [4.78, 5) is 22.6. The quantitative estimate of drug-likeness (QED) is 0.894. The molecule has 2 rings (SSSR count). The van der Waals surface area contributed by atoms with Crippen LogP contribution in [0.1, 0.15) is 44.7 Å². The minimum absolute atomic E-state index is 0.142. The third-order valence-electron chi connectivity index (χ3n) is 3.31. The predicted octanol–water partition coefficient (Wildman–Crippen LogP) is 3.23. The molecule has 1 atom stereocenters. The van der Waals surface area contributed by atoms with Crippen LogP contribution >= 0.6 is 0 Å². The van der Waals surface area contributed by atoms with Gasteiger partial charge in [0.1, 0.15) is 0 Å². The van der Waals surface area contributed by atoms with Crippen molar-refractivity contribution in [2.45, 2.75) is 12.8 Å². The van der Waals surface area contributed by atoms with Crippen LogP contribution in [0.5, 0.6) is 0 Å². The van der Waals surface area contributed by atoms with Crippen molar-refractivity contribution < 1.29 is 19.8 Å². The summed E-state index contributed by atoms with van der Waals surface area (Å²) in [6.07, 6.45) is 0. The van der Waals surface area contributed by atoms with E-state index in [9.17, 15) is 14.7 Å². The Kier molecular flexibility index (Phi) is 3.84. The zero-order valence-corrected chi connectivity index (χ0v) is 10.9. The number of hydrogen-bond donors (Lipinski definition) is 2. The van der Waals surface area contributed by atoms with E-state index in [0.29, 0.717) is 5.56 Å². The lowest BCUT2D eigenvalue weighted by Gasteiger charge is -2.16. The molecule has 0 amide bonds. The molecule has 4 nitrogen and oxygen atoms in total. The topological polar surface area (TPSA) is 74.6 Å². The molecule has 0 aliphatic carbocycles. The van der Waals surface area contributed by atoms with Crippen LogP contribution in [0.25, 0.3) is 0 Å². The van der Waals surface area contributed by atoms with Crippen LogP contribution in [0.2, 0.25) is 0 Å². The summed E-state index contributed by atoms with van der Waals surface area (Å²) in [7, 11) is 0. The molecule has 0 bridgehead atoms. The largest absolute Gasteiger partial charge is 0.478 e. The van der Waals surface area contributed by atoms with E-state index in [4.69, 9.17) is 5.11 Å². The summed E-state index contributed by atoms with van der Waals surface area (Å²) < 4.78 is 0. The second kappa shape index (κ2) is 5.57. The Bertz CT molecular complexity index is 647. The molecule has 0 heterocycles. The summed E-state index contributed by atoms with van der Waals surface area (Å²) in [5.74, 6) is -2.65. The fourth-order valence-corrected chi connectivity index (χ4v) is 2.27. The van der Waals surface area contributed by atoms with Crippen molar-refractivity contribution in [1.29, 1.82) is 0 Å². The van der Waals surface area contributed by atoms with Gasteiger partial charge >= 0.3 is 11.9 Å². The van der Waals surface area contributed by atoms with Gasteiger partial charge in [-0.05, 0) is 17.2 Å². The van der Waals surface area contributed by atoms with Gasteiger partial charge in [-0.1, -0.05) is 49.4 Å². The van der Waals surface area contributed by atoms with Crippen LogP contribution in [-0.2, 0) is 0 Å². The van der Waals surface area contributed by atoms with Gasteiger partial charge in [0.2, 0.25) is 0 Å². The van der Waals surface area contributed by atoms with Crippen LogP contribution in [0.4, 0.5) is 0 Å². The number of benzene rings is 2. The van der Waals surface area contributed by atoms with E-state index in [1.807, 2.05) is 37.3 Å². The van der Waals surface area contributed by atoms with E-state index in [-0.39, 0.29) is 17.0 Å². The molecule has 2 aromatic rings. The van der Waals surface area contributed by atoms with Crippen molar-refractivity contribution in [3.8, 4) is 0 Å². The second-order valence-electron chi connectivity index (χ2n) is 4.51. The van der Waals surface area contributed by atoms with Gasteiger partial charge in [0.05, 0.1) is 11.1 Å². The highest BCUT2D eigenvalue weighted by Crippen LogP contribution is 2.28. The molecular formula is C16H14O4. The highest BCUT2D eigenvalue weighted by atomic mass is 16.4. The maximum absolute atomic E-state index is 11.4. The molecule has 0 unspecified atom stereocenters. The van der Waals surface area contributed by atoms with Gasteiger partial charge in [0, 0.05) is 5.92 Å². The Morgan fingerprint density at radius 1 is 0.900 bits per heavy atom. The zero-order valence-electron chi connectivity index (χ0n) is 10.9. The van der Waals surface area contributed by atoms with Crippen LogP contribution < -0.4 is 0 Å². The van der Waals surface area contributed by atoms with Crippen molar-refractivity contribution >= 4 is 11.9 Å². The molecule has 0 aliphatic rings. The lowest BCUT2D eigenvalue weighted by Crippen LogP contribution is -2.13. The van der Waals surface area contributed by atoms with Crippen molar-refractivity contribution in [1.82, 2.24) is 0 Å². The van der Waals surface area contributed by atoms with Gasteiger partial charge < -0.3 is 10.2 Å². The Labute approximate surface area is 116 Å². The molecule has 2 aromatic carbocycles. The van der Waals surface area contributed by atoms with Crippen molar-refractivity contribution in [2.24, 2.45) is 0 Å². The van der Waals surface area contributed by atoms with E-state index in [1.54, 1.807) is 12.1 Å². The third-order valence-corrected chi connectivity index (χ3v) is 3.31. The SMILES string of the molecule is C[C@@H](c1ccccc1)c1cccc(C(=O)O)c1C(=O)O. The molecule has 4 heteroatoms. The fourth-order valence-electron chi connectivity index (χ4n) is 2.27. The van der Waals surface area contributed by atoms with Crippen molar-refractivity contribution in [2.75, 3.05) is 0 Å². The number of aromatic carboxylic acids is 2. The van der Waals surface area contributed by atoms with E-state index >= 15 is 0 Å². The number of hydrogen-bond acceptors (Lipinski definition) is 2. The fraction of sp³-hybridized carbons (Fsp3) is 0.125. The smallest absolute Gasteiger partial charge is 0.336 e. The van der Waals surface area contributed by atoms with Crippen molar-refractivity contribution in [3.05, 3.63) is 70.8 Å². The first kappa shape index (κ1) is 13.8. The molecule has 0 saturated carbocycles. The molecule has 0 radical (unpaired) electrons. The van der Waals surface area contributed by atoms with Gasteiger partial charge in [-0.25, -0.2) is 9.59 Å². The average Bonchev–Trinajstić information content (AvgIpc) is 2.46. The van der Waals surface area contributed by atoms with Crippen LogP contribution in [0.3, 0.4) is 0 Å². The molecule has 0 spiro atoms. The van der Waals surface area contributed by atoms with Gasteiger partial charge in [0.25, 0.3) is 0 Å². The van der Waals surface area contributed by atoms with Crippen LogP contribution in [0, 0.1) is 0 Å². The van der Waals surface area contributed by atoms with Crippen LogP contribution in [-0.4, -0.2) is 22.2 Å². The highest BCUT2D eigenvalue weighted by Gasteiger charge is 2.23. The summed E-state index contributed by atoms with van der Waals surface area (Å²) in [5, 5.41) is 18.5. The Hall–Kier alpha value is -2.62. The second-order valence-corrected chi connectivity index (χ2v) is 4.51. The molecule has 0 aliphatic heterocycles. The van der Waals surface area contributed by atoms with Gasteiger partial charge in [-0.3, -0.25) is 0 Å². The molecule has 102 valence electrons. The van der Waals surface area contributed by atoms with E-state index in [2.05, 4.69) is 0 Å². The molecular weight excluding hydrogens is 256 g/mol. The minimum atomic E-state index is -1.23. The summed E-state index contributed by atoms with van der Waals surface area (Å²) in [6, 6.07) is 13.9. The maximum Gasteiger partial charge on any atom is 0.336 e. The number of rotatable bonds is 4. The number of carbonyl (C=O) groups is 2. The lowest BCUT2D eigenvalue weighted by atomic mass is 9.87. The van der Waals surface area contributed by atoms with Gasteiger partial charge in [-0.2, -0.15) is 0 Å². The molecule has 0 saturated heterocycles. The third kappa shape index (κ3) is 2.54. The average molecular weight is 270 g/mol. The highest BCUT2D eigenvalue weighted by molar-refractivity contribution is 6.03. The van der Waals surface area contributed by atoms with E-state index in [0.717, 1.165) is 5.56 Å². The number of carboxylic acids is 2. The monoisotopic (exact) mass is 270 g/mol. The summed E-state index contributed by atoms with van der Waals surface area (Å²) in [6.45, 7) is 1.86. The normalized spacial score (nSPS) is 11.8. The standard InChI is InChI=1S/C16H14O4/c1-10(11-6-3-2-4-7-11)12-8-5-9-13(15(17)18)14(12)16(19)20/h2-10H,1H3,(H,17,18)(H,19,20)/t10-/m0/s1. The Morgan fingerprint density at radius 3 is 2.10 bits per heavy atom. The molecule has 2 N–H and O–H groups in total. The van der Waals surface area contributed by atoms with E-state index < -0.39 is 11.9 Å². The first-order valence-electron chi connectivity index (χ1n) is 6.16.